The molecule has 1 aromatic heterocycles. The van der Waals surface area contributed by atoms with E-state index in [1.807, 2.05) is 6.07 Å². The summed E-state index contributed by atoms with van der Waals surface area (Å²) >= 11 is 5.85. The molecule has 7 nitrogen and oxygen atoms in total. The summed E-state index contributed by atoms with van der Waals surface area (Å²) in [4.78, 5) is 28.9. The number of carbonyl (C=O) groups is 2. The Bertz CT molecular complexity index is 943. The summed E-state index contributed by atoms with van der Waals surface area (Å²) in [5.41, 5.74) is 7.01. The van der Waals surface area contributed by atoms with Crippen LogP contribution in [0.4, 0.5) is 9.18 Å². The number of nitrogens with one attached hydrogen (secondary N) is 1. The fraction of sp³-hybridized carbons (Fsp3) is 0.176. The van der Waals surface area contributed by atoms with Crippen molar-refractivity contribution in [3.8, 4) is 17.2 Å². The minimum absolute atomic E-state index is 0.0504. The van der Waals surface area contributed by atoms with Crippen molar-refractivity contribution >= 4 is 23.5 Å². The maximum absolute atomic E-state index is 13.4. The lowest BCUT2D eigenvalue weighted by molar-refractivity contribution is -0.119. The number of primary amides is 1. The molecule has 9 heteroatoms. The van der Waals surface area contributed by atoms with Gasteiger partial charge in [-0.1, -0.05) is 17.7 Å². The molecular formula is C17H13ClFN5O2. The maximum Gasteiger partial charge on any atom is 0.318 e. The van der Waals surface area contributed by atoms with Gasteiger partial charge in [0.05, 0.1) is 23.8 Å². The Balaban J connectivity index is 1.97. The molecule has 0 unspecified atom stereocenters. The monoisotopic (exact) mass is 373 g/mol. The molecule has 2 aromatic rings. The minimum Gasteiger partial charge on any atom is -0.368 e. The third kappa shape index (κ3) is 3.43. The van der Waals surface area contributed by atoms with Gasteiger partial charge in [-0.15, -0.1) is 0 Å². The molecule has 0 aliphatic carbocycles. The van der Waals surface area contributed by atoms with Crippen LogP contribution in [0.15, 0.2) is 30.3 Å². The van der Waals surface area contributed by atoms with Crippen LogP contribution in [0, 0.1) is 17.1 Å². The van der Waals surface area contributed by atoms with Crippen molar-refractivity contribution in [1.82, 2.24) is 15.2 Å². The van der Waals surface area contributed by atoms with Crippen LogP contribution >= 0.6 is 11.6 Å². The lowest BCUT2D eigenvalue weighted by Crippen LogP contribution is -2.39. The lowest BCUT2D eigenvalue weighted by Gasteiger charge is -2.17. The molecule has 0 saturated carbocycles. The van der Waals surface area contributed by atoms with E-state index in [0.717, 1.165) is 0 Å². The molecule has 132 valence electrons. The molecule has 0 radical (unpaired) electrons. The highest BCUT2D eigenvalue weighted by Gasteiger charge is 2.32. The average Bonchev–Trinajstić information content (AvgIpc) is 2.98. The van der Waals surface area contributed by atoms with Crippen molar-refractivity contribution in [2.75, 3.05) is 6.54 Å². The van der Waals surface area contributed by atoms with Gasteiger partial charge < -0.3 is 16.0 Å². The van der Waals surface area contributed by atoms with E-state index in [4.69, 9.17) is 22.6 Å². The molecular weight excluding hydrogens is 361 g/mol. The van der Waals surface area contributed by atoms with Gasteiger partial charge >= 0.3 is 6.03 Å². The molecule has 1 aliphatic rings. The number of hydrogen-bond acceptors (Lipinski definition) is 4. The van der Waals surface area contributed by atoms with Gasteiger partial charge in [-0.25, -0.2) is 14.2 Å². The van der Waals surface area contributed by atoms with Crippen molar-refractivity contribution in [2.24, 2.45) is 5.73 Å². The second-order valence-electron chi connectivity index (χ2n) is 5.72. The van der Waals surface area contributed by atoms with Crippen molar-refractivity contribution < 1.29 is 14.0 Å². The summed E-state index contributed by atoms with van der Waals surface area (Å²) in [7, 11) is 0. The maximum atomic E-state index is 13.4. The summed E-state index contributed by atoms with van der Waals surface area (Å²) in [6, 6.07) is 8.08. The van der Waals surface area contributed by atoms with Crippen molar-refractivity contribution in [1.29, 1.82) is 5.26 Å². The molecule has 1 aromatic carbocycles. The Hall–Kier alpha value is -3.18. The Morgan fingerprint density at radius 3 is 2.85 bits per heavy atom. The quantitative estimate of drug-likeness (QED) is 0.850. The van der Waals surface area contributed by atoms with Crippen molar-refractivity contribution in [3.63, 3.8) is 0 Å². The van der Waals surface area contributed by atoms with E-state index in [9.17, 15) is 14.0 Å². The normalized spacial score (nSPS) is 16.3. The Kier molecular flexibility index (Phi) is 4.73. The third-order valence-corrected chi connectivity index (χ3v) is 4.28. The van der Waals surface area contributed by atoms with E-state index in [2.05, 4.69) is 10.3 Å². The number of hydrogen-bond donors (Lipinski definition) is 2. The van der Waals surface area contributed by atoms with Crippen molar-refractivity contribution in [2.45, 2.75) is 12.6 Å². The fourth-order valence-corrected chi connectivity index (χ4v) is 2.86. The largest absolute Gasteiger partial charge is 0.368 e. The summed E-state index contributed by atoms with van der Waals surface area (Å²) in [6.45, 7) is 0.145. The van der Waals surface area contributed by atoms with E-state index < -0.39 is 23.8 Å². The van der Waals surface area contributed by atoms with Crippen LogP contribution in [-0.2, 0) is 11.3 Å². The zero-order valence-electron chi connectivity index (χ0n) is 13.4. The van der Waals surface area contributed by atoms with Crippen molar-refractivity contribution in [3.05, 3.63) is 52.6 Å². The van der Waals surface area contributed by atoms with Gasteiger partial charge in [0.2, 0.25) is 5.91 Å². The zero-order valence-corrected chi connectivity index (χ0v) is 14.1. The zero-order chi connectivity index (χ0) is 18.8. The van der Waals surface area contributed by atoms with Gasteiger partial charge in [0, 0.05) is 5.56 Å². The van der Waals surface area contributed by atoms with Gasteiger partial charge in [-0.05, 0) is 29.8 Å². The van der Waals surface area contributed by atoms with E-state index in [-0.39, 0.29) is 23.8 Å². The topological polar surface area (TPSA) is 112 Å². The highest BCUT2D eigenvalue weighted by Crippen LogP contribution is 2.28. The number of urea groups is 1. The smallest absolute Gasteiger partial charge is 0.318 e. The number of pyridine rings is 1. The predicted molar refractivity (Wildman–Crippen MR) is 91.3 cm³/mol. The number of rotatable bonds is 4. The lowest BCUT2D eigenvalue weighted by atomic mass is 10.0. The first-order valence-electron chi connectivity index (χ1n) is 7.59. The van der Waals surface area contributed by atoms with E-state index in [1.165, 1.54) is 29.2 Å². The Morgan fingerprint density at radius 2 is 2.23 bits per heavy atom. The summed E-state index contributed by atoms with van der Waals surface area (Å²) in [5.74, 6) is -1.19. The molecule has 1 aliphatic heterocycles. The molecule has 1 atom stereocenters. The van der Waals surface area contributed by atoms with Crippen LogP contribution in [0.1, 0.15) is 11.4 Å². The van der Waals surface area contributed by atoms with Gasteiger partial charge in [0.25, 0.3) is 0 Å². The standard InChI is InChI=1S/C17H13ClFN5O2/c18-12-5-9(1-4-13(12)19)11-3-2-10(6-20)22-14(11)7-24-8-15(16(21)25)23-17(24)26/h1-5,15H,7-8H2,(H2,21,25)(H,23,26)/t15-/m0/s1. The molecule has 0 spiro atoms. The third-order valence-electron chi connectivity index (χ3n) is 3.99. The highest BCUT2D eigenvalue weighted by molar-refractivity contribution is 6.31. The molecule has 3 N–H and O–H groups in total. The first-order chi connectivity index (χ1) is 12.4. The van der Waals surface area contributed by atoms with E-state index in [0.29, 0.717) is 16.8 Å². The van der Waals surface area contributed by atoms with E-state index >= 15 is 0 Å². The second kappa shape index (κ2) is 6.98. The number of benzene rings is 1. The molecule has 3 rings (SSSR count). The summed E-state index contributed by atoms with van der Waals surface area (Å²) < 4.78 is 13.4. The number of amides is 3. The van der Waals surface area contributed by atoms with Gasteiger partial charge in [0.15, 0.2) is 0 Å². The van der Waals surface area contributed by atoms with Gasteiger partial charge in [-0.3, -0.25) is 4.79 Å². The number of nitrogens with two attached hydrogens (primary N) is 1. The SMILES string of the molecule is N#Cc1ccc(-c2ccc(F)c(Cl)c2)c(CN2C[C@@H](C(N)=O)NC2=O)n1. The van der Waals surface area contributed by atoms with Crippen LogP contribution in [-0.4, -0.2) is 34.4 Å². The van der Waals surface area contributed by atoms with E-state index in [1.54, 1.807) is 6.07 Å². The molecule has 3 amide bonds. The first kappa shape index (κ1) is 17.6. The fourth-order valence-electron chi connectivity index (χ4n) is 2.68. The van der Waals surface area contributed by atoms with Crippen LogP contribution in [0.5, 0.6) is 0 Å². The highest BCUT2D eigenvalue weighted by atomic mass is 35.5. The molecule has 1 fully saturated rings. The van der Waals surface area contributed by atoms with Crippen LogP contribution in [0.3, 0.4) is 0 Å². The Morgan fingerprint density at radius 1 is 1.46 bits per heavy atom. The summed E-state index contributed by atoms with van der Waals surface area (Å²) in [6.07, 6.45) is 0. The number of nitriles is 1. The number of carbonyl (C=O) groups excluding carboxylic acids is 2. The average molecular weight is 374 g/mol. The summed E-state index contributed by atoms with van der Waals surface area (Å²) in [5, 5.41) is 11.5. The molecule has 1 saturated heterocycles. The predicted octanol–water partition coefficient (Wildman–Crippen LogP) is 1.79. The molecule has 26 heavy (non-hydrogen) atoms. The van der Waals surface area contributed by atoms with Gasteiger partial charge in [0.1, 0.15) is 23.6 Å². The van der Waals surface area contributed by atoms with Crippen LogP contribution in [0.25, 0.3) is 11.1 Å². The van der Waals surface area contributed by atoms with Crippen LogP contribution < -0.4 is 11.1 Å². The molecule has 2 heterocycles. The second-order valence-corrected chi connectivity index (χ2v) is 6.12. The van der Waals surface area contributed by atoms with Gasteiger partial charge in [-0.2, -0.15) is 5.26 Å². The van der Waals surface area contributed by atoms with Crippen LogP contribution in [0.2, 0.25) is 5.02 Å². The minimum atomic E-state index is -0.787. The number of nitrogens with zero attached hydrogens (tertiary/aromatic N) is 3. The Labute approximate surface area is 153 Å². The number of halogens is 2. The molecule has 0 bridgehead atoms. The number of aromatic nitrogens is 1. The first-order valence-corrected chi connectivity index (χ1v) is 7.97.